The average Bonchev–Trinajstić information content (AvgIpc) is 2.38. The SMILES string of the molecule is O[C@](c1ccccc1)([C@H]1C=CCCC1)C(F)(F)F. The van der Waals surface area contributed by atoms with Crippen molar-refractivity contribution in [1.29, 1.82) is 0 Å². The van der Waals surface area contributed by atoms with Crippen LogP contribution in [-0.2, 0) is 5.60 Å². The van der Waals surface area contributed by atoms with Gasteiger partial charge in [-0.1, -0.05) is 42.5 Å². The normalized spacial score (nSPS) is 23.7. The minimum absolute atomic E-state index is 0.0888. The smallest absolute Gasteiger partial charge is 0.376 e. The number of allylic oxidation sites excluding steroid dienone is 1. The van der Waals surface area contributed by atoms with Gasteiger partial charge in [0.25, 0.3) is 0 Å². The summed E-state index contributed by atoms with van der Waals surface area (Å²) in [6.07, 6.45) is 0.325. The van der Waals surface area contributed by atoms with Crippen LogP contribution in [-0.4, -0.2) is 11.3 Å². The molecule has 18 heavy (non-hydrogen) atoms. The summed E-state index contributed by atoms with van der Waals surface area (Å²) in [5.74, 6) is -0.909. The van der Waals surface area contributed by atoms with Gasteiger partial charge in [0, 0.05) is 5.92 Å². The Labute approximate surface area is 104 Å². The van der Waals surface area contributed by atoms with Gasteiger partial charge in [0.1, 0.15) is 0 Å². The van der Waals surface area contributed by atoms with E-state index in [2.05, 4.69) is 0 Å². The Bertz CT molecular complexity index is 424. The predicted molar refractivity (Wildman–Crippen MR) is 62.9 cm³/mol. The molecule has 1 aromatic carbocycles. The summed E-state index contributed by atoms with van der Waals surface area (Å²) in [4.78, 5) is 0. The van der Waals surface area contributed by atoms with E-state index in [4.69, 9.17) is 0 Å². The molecular weight excluding hydrogens is 241 g/mol. The molecule has 0 saturated heterocycles. The van der Waals surface area contributed by atoms with Crippen molar-refractivity contribution in [3.63, 3.8) is 0 Å². The van der Waals surface area contributed by atoms with Gasteiger partial charge in [-0.05, 0) is 24.8 Å². The van der Waals surface area contributed by atoms with Gasteiger partial charge in [-0.25, -0.2) is 0 Å². The van der Waals surface area contributed by atoms with Crippen LogP contribution in [0.1, 0.15) is 24.8 Å². The first-order valence-corrected chi connectivity index (χ1v) is 5.97. The summed E-state index contributed by atoms with van der Waals surface area (Å²) in [7, 11) is 0. The van der Waals surface area contributed by atoms with Gasteiger partial charge in [0.05, 0.1) is 0 Å². The Hall–Kier alpha value is -1.29. The highest BCUT2D eigenvalue weighted by molar-refractivity contribution is 5.27. The van der Waals surface area contributed by atoms with Crippen LogP contribution in [0, 0.1) is 5.92 Å². The van der Waals surface area contributed by atoms with Crippen molar-refractivity contribution in [3.05, 3.63) is 48.0 Å². The molecule has 1 N–H and O–H groups in total. The molecule has 4 heteroatoms. The van der Waals surface area contributed by atoms with Gasteiger partial charge in [-0.3, -0.25) is 0 Å². The van der Waals surface area contributed by atoms with Crippen molar-refractivity contribution < 1.29 is 18.3 Å². The number of halogens is 3. The fraction of sp³-hybridized carbons (Fsp3) is 0.429. The largest absolute Gasteiger partial charge is 0.422 e. The quantitative estimate of drug-likeness (QED) is 0.798. The molecular formula is C14H15F3O. The molecule has 0 unspecified atom stereocenters. The van der Waals surface area contributed by atoms with Gasteiger partial charge in [-0.2, -0.15) is 13.2 Å². The first-order chi connectivity index (χ1) is 8.46. The number of hydrogen-bond donors (Lipinski definition) is 1. The predicted octanol–water partition coefficient (Wildman–Crippen LogP) is 3.79. The van der Waals surface area contributed by atoms with Crippen LogP contribution >= 0.6 is 0 Å². The summed E-state index contributed by atoms with van der Waals surface area (Å²) in [6, 6.07) is 7.32. The second kappa shape index (κ2) is 4.76. The molecule has 0 aromatic heterocycles. The molecule has 0 spiro atoms. The van der Waals surface area contributed by atoms with E-state index in [1.807, 2.05) is 0 Å². The number of rotatable bonds is 2. The zero-order chi connectivity index (χ0) is 13.2. The molecule has 1 nitrogen and oxygen atoms in total. The van der Waals surface area contributed by atoms with Gasteiger partial charge in [0.2, 0.25) is 0 Å². The van der Waals surface area contributed by atoms with Gasteiger partial charge in [0.15, 0.2) is 5.60 Å². The van der Waals surface area contributed by atoms with Crippen LogP contribution in [0.3, 0.4) is 0 Å². The first-order valence-electron chi connectivity index (χ1n) is 5.97. The third kappa shape index (κ3) is 2.17. The van der Waals surface area contributed by atoms with Crippen molar-refractivity contribution in [2.24, 2.45) is 5.92 Å². The Morgan fingerprint density at radius 1 is 1.11 bits per heavy atom. The first kappa shape index (κ1) is 13.1. The number of aliphatic hydroxyl groups is 1. The second-order valence-corrected chi connectivity index (χ2v) is 4.60. The maximum atomic E-state index is 13.3. The lowest BCUT2D eigenvalue weighted by molar-refractivity contribution is -0.282. The summed E-state index contributed by atoms with van der Waals surface area (Å²) in [5.41, 5.74) is -2.88. The maximum absolute atomic E-state index is 13.3. The van der Waals surface area contributed by atoms with E-state index >= 15 is 0 Å². The highest BCUT2D eigenvalue weighted by Gasteiger charge is 2.58. The lowest BCUT2D eigenvalue weighted by Gasteiger charge is -2.38. The van der Waals surface area contributed by atoms with Crippen LogP contribution in [0.5, 0.6) is 0 Å². The minimum atomic E-state index is -4.68. The molecule has 0 saturated carbocycles. The number of benzene rings is 1. The Morgan fingerprint density at radius 2 is 1.78 bits per heavy atom. The van der Waals surface area contributed by atoms with Crippen molar-refractivity contribution in [1.82, 2.24) is 0 Å². The number of alkyl halides is 3. The minimum Gasteiger partial charge on any atom is -0.376 e. The molecule has 0 fully saturated rings. The topological polar surface area (TPSA) is 20.2 Å². The Kier molecular flexibility index (Phi) is 3.48. The van der Waals surface area contributed by atoms with Crippen LogP contribution in [0.4, 0.5) is 13.2 Å². The average molecular weight is 256 g/mol. The van der Waals surface area contributed by atoms with E-state index in [-0.39, 0.29) is 5.56 Å². The van der Waals surface area contributed by atoms with Crippen LogP contribution in [0.25, 0.3) is 0 Å². The van der Waals surface area contributed by atoms with Crippen molar-refractivity contribution >= 4 is 0 Å². The van der Waals surface area contributed by atoms with Crippen molar-refractivity contribution in [3.8, 4) is 0 Å². The molecule has 0 aliphatic heterocycles. The fourth-order valence-electron chi connectivity index (χ4n) is 2.44. The fourth-order valence-corrected chi connectivity index (χ4v) is 2.44. The highest BCUT2D eigenvalue weighted by Crippen LogP contribution is 2.47. The molecule has 1 aromatic rings. The van der Waals surface area contributed by atoms with E-state index in [1.165, 1.54) is 30.3 Å². The second-order valence-electron chi connectivity index (χ2n) is 4.60. The molecule has 0 heterocycles. The standard InChI is InChI=1S/C14H15F3O/c15-14(16,17)13(18,11-7-3-1-4-8-11)12-9-5-2-6-10-12/h1,3-5,7-9,12,18H,2,6,10H2/t12-,13+/m0/s1. The van der Waals surface area contributed by atoms with E-state index in [0.29, 0.717) is 12.8 Å². The molecule has 2 atom stereocenters. The van der Waals surface area contributed by atoms with E-state index in [9.17, 15) is 18.3 Å². The number of hydrogen-bond acceptors (Lipinski definition) is 1. The maximum Gasteiger partial charge on any atom is 0.422 e. The van der Waals surface area contributed by atoms with E-state index in [0.717, 1.165) is 6.42 Å². The van der Waals surface area contributed by atoms with E-state index < -0.39 is 17.7 Å². The molecule has 1 aliphatic rings. The third-order valence-corrected chi connectivity index (χ3v) is 3.44. The van der Waals surface area contributed by atoms with Crippen LogP contribution in [0.15, 0.2) is 42.5 Å². The van der Waals surface area contributed by atoms with Gasteiger partial charge >= 0.3 is 6.18 Å². The van der Waals surface area contributed by atoms with Crippen molar-refractivity contribution in [2.45, 2.75) is 31.0 Å². The van der Waals surface area contributed by atoms with Crippen LogP contribution < -0.4 is 0 Å². The van der Waals surface area contributed by atoms with Crippen molar-refractivity contribution in [2.75, 3.05) is 0 Å². The summed E-state index contributed by atoms with van der Waals surface area (Å²) in [5, 5.41) is 10.3. The molecule has 0 radical (unpaired) electrons. The molecule has 0 amide bonds. The van der Waals surface area contributed by atoms with Gasteiger partial charge < -0.3 is 5.11 Å². The summed E-state index contributed by atoms with van der Waals surface area (Å²) in [6.45, 7) is 0. The van der Waals surface area contributed by atoms with E-state index in [1.54, 1.807) is 12.1 Å². The third-order valence-electron chi connectivity index (χ3n) is 3.44. The summed E-state index contributed by atoms with van der Waals surface area (Å²) < 4.78 is 39.9. The van der Waals surface area contributed by atoms with Crippen LogP contribution in [0.2, 0.25) is 0 Å². The molecule has 2 rings (SSSR count). The highest BCUT2D eigenvalue weighted by atomic mass is 19.4. The Balaban J connectivity index is 2.47. The molecule has 1 aliphatic carbocycles. The monoisotopic (exact) mass is 256 g/mol. The molecule has 98 valence electrons. The zero-order valence-electron chi connectivity index (χ0n) is 9.82. The lowest BCUT2D eigenvalue weighted by Crippen LogP contribution is -2.48. The lowest BCUT2D eigenvalue weighted by atomic mass is 9.76. The molecule has 0 bridgehead atoms. The summed E-state index contributed by atoms with van der Waals surface area (Å²) >= 11 is 0. The zero-order valence-corrected chi connectivity index (χ0v) is 9.82. The Morgan fingerprint density at radius 3 is 2.28 bits per heavy atom. The van der Waals surface area contributed by atoms with Gasteiger partial charge in [-0.15, -0.1) is 0 Å².